The minimum Gasteiger partial charge on any atom is -0.293 e. The van der Waals surface area contributed by atoms with Gasteiger partial charge in [-0.05, 0) is 19.1 Å². The number of rotatable bonds is 4. The average molecular weight is 302 g/mol. The van der Waals surface area contributed by atoms with Crippen molar-refractivity contribution in [2.75, 3.05) is 4.72 Å². The number of anilines is 1. The molecule has 96 valence electrons. The smallest absolute Gasteiger partial charge is 0.273 e. The Balaban J connectivity index is 2.25. The Labute approximate surface area is 113 Å². The first-order valence-electron chi connectivity index (χ1n) is 4.94. The van der Waals surface area contributed by atoms with Gasteiger partial charge in [0.25, 0.3) is 10.0 Å². The summed E-state index contributed by atoms with van der Waals surface area (Å²) in [4.78, 5) is 15.9. The fourth-order valence-electron chi connectivity index (χ4n) is 1.20. The molecular formula is C10H10N2O3S3. The first-order valence-corrected chi connectivity index (χ1v) is 8.12. The molecule has 0 atom stereocenters. The molecule has 2 aromatic heterocycles. The molecule has 0 aliphatic rings. The third kappa shape index (κ3) is 2.77. The Morgan fingerprint density at radius 2 is 2.11 bits per heavy atom. The molecule has 0 aliphatic heterocycles. The molecule has 0 saturated heterocycles. The molecule has 1 N–H and O–H groups in total. The number of hydrogen-bond acceptors (Lipinski definition) is 6. The maximum Gasteiger partial charge on any atom is 0.273 e. The monoisotopic (exact) mass is 302 g/mol. The number of sulfonamides is 1. The molecule has 18 heavy (non-hydrogen) atoms. The van der Waals surface area contributed by atoms with E-state index >= 15 is 0 Å². The SMILES string of the molecule is CC(=O)c1csc(NS(=O)(=O)c2ccc(C)s2)n1. The van der Waals surface area contributed by atoms with E-state index in [1.54, 1.807) is 12.1 Å². The van der Waals surface area contributed by atoms with Crippen molar-refractivity contribution in [3.8, 4) is 0 Å². The van der Waals surface area contributed by atoms with Gasteiger partial charge < -0.3 is 0 Å². The molecule has 0 bridgehead atoms. The molecule has 0 saturated carbocycles. The molecule has 0 radical (unpaired) electrons. The predicted molar refractivity (Wildman–Crippen MR) is 72.0 cm³/mol. The number of aromatic nitrogens is 1. The summed E-state index contributed by atoms with van der Waals surface area (Å²) in [5, 5.41) is 1.73. The van der Waals surface area contributed by atoms with Gasteiger partial charge >= 0.3 is 0 Å². The topological polar surface area (TPSA) is 76.1 Å². The lowest BCUT2D eigenvalue weighted by Gasteiger charge is -2.01. The van der Waals surface area contributed by atoms with Crippen molar-refractivity contribution < 1.29 is 13.2 Å². The van der Waals surface area contributed by atoms with E-state index in [-0.39, 0.29) is 20.8 Å². The Morgan fingerprint density at radius 3 is 2.61 bits per heavy atom. The number of hydrogen-bond donors (Lipinski definition) is 1. The minimum atomic E-state index is -3.60. The fourth-order valence-corrected chi connectivity index (χ4v) is 4.49. The molecule has 0 unspecified atom stereocenters. The standard InChI is InChI=1S/C10H10N2O3S3/c1-6-3-4-9(17-6)18(14,15)12-10-11-8(5-16-10)7(2)13/h3-5H,1-2H3,(H,11,12). The maximum atomic E-state index is 12.0. The number of ketones is 1. The lowest BCUT2D eigenvalue weighted by atomic mass is 10.4. The number of thiophene rings is 1. The van der Waals surface area contributed by atoms with Gasteiger partial charge in [-0.1, -0.05) is 0 Å². The second-order valence-corrected chi connectivity index (χ2v) is 7.62. The lowest BCUT2D eigenvalue weighted by Crippen LogP contribution is -2.11. The van der Waals surface area contributed by atoms with Crippen LogP contribution in [-0.4, -0.2) is 19.2 Å². The fraction of sp³-hybridized carbons (Fsp3) is 0.200. The van der Waals surface area contributed by atoms with Crippen molar-refractivity contribution in [2.45, 2.75) is 18.1 Å². The number of nitrogens with zero attached hydrogens (tertiary/aromatic N) is 1. The molecule has 2 aromatic rings. The van der Waals surface area contributed by atoms with Gasteiger partial charge in [0.1, 0.15) is 9.90 Å². The number of Topliss-reactive ketones (excluding diaryl/α,β-unsaturated/α-hetero) is 1. The highest BCUT2D eigenvalue weighted by molar-refractivity contribution is 7.94. The van der Waals surface area contributed by atoms with Crippen LogP contribution in [0.2, 0.25) is 0 Å². The largest absolute Gasteiger partial charge is 0.293 e. The van der Waals surface area contributed by atoms with Crippen LogP contribution in [0.5, 0.6) is 0 Å². The van der Waals surface area contributed by atoms with E-state index in [1.807, 2.05) is 6.92 Å². The Hall–Kier alpha value is -1.25. The zero-order valence-electron chi connectivity index (χ0n) is 9.63. The van der Waals surface area contributed by atoms with Gasteiger partial charge in [0.15, 0.2) is 10.9 Å². The summed E-state index contributed by atoms with van der Waals surface area (Å²) in [5.41, 5.74) is 0.264. The number of carbonyl (C=O) groups is 1. The van der Waals surface area contributed by atoms with Crippen molar-refractivity contribution in [3.05, 3.63) is 28.1 Å². The van der Waals surface area contributed by atoms with Gasteiger partial charge in [0.05, 0.1) is 0 Å². The number of thiazole rings is 1. The highest BCUT2D eigenvalue weighted by atomic mass is 32.2. The van der Waals surface area contributed by atoms with Gasteiger partial charge in [0.2, 0.25) is 0 Å². The van der Waals surface area contributed by atoms with Crippen LogP contribution in [-0.2, 0) is 10.0 Å². The van der Waals surface area contributed by atoms with Crippen LogP contribution in [0.15, 0.2) is 21.7 Å². The Bertz CT molecular complexity index is 685. The van der Waals surface area contributed by atoms with Gasteiger partial charge in [0, 0.05) is 17.2 Å². The normalized spacial score (nSPS) is 11.4. The third-order valence-corrected chi connectivity index (χ3v) is 5.79. The average Bonchev–Trinajstić information content (AvgIpc) is 2.86. The van der Waals surface area contributed by atoms with Crippen molar-refractivity contribution >= 4 is 43.6 Å². The van der Waals surface area contributed by atoms with E-state index in [0.29, 0.717) is 0 Å². The van der Waals surface area contributed by atoms with Gasteiger partial charge in [-0.2, -0.15) is 0 Å². The molecular weight excluding hydrogens is 292 g/mol. The van der Waals surface area contributed by atoms with Crippen molar-refractivity contribution in [3.63, 3.8) is 0 Å². The van der Waals surface area contributed by atoms with Gasteiger partial charge in [-0.15, -0.1) is 22.7 Å². The highest BCUT2D eigenvalue weighted by Crippen LogP contribution is 2.25. The van der Waals surface area contributed by atoms with Crippen LogP contribution in [0.1, 0.15) is 22.3 Å². The maximum absolute atomic E-state index is 12.0. The zero-order valence-corrected chi connectivity index (χ0v) is 12.1. The third-order valence-electron chi connectivity index (χ3n) is 2.07. The van der Waals surface area contributed by atoms with Crippen molar-refractivity contribution in [1.29, 1.82) is 0 Å². The van der Waals surface area contributed by atoms with Crippen LogP contribution in [0, 0.1) is 6.92 Å². The van der Waals surface area contributed by atoms with Crippen LogP contribution in [0.3, 0.4) is 0 Å². The van der Waals surface area contributed by atoms with E-state index in [2.05, 4.69) is 9.71 Å². The molecule has 0 fully saturated rings. The summed E-state index contributed by atoms with van der Waals surface area (Å²) in [5.74, 6) is -0.191. The molecule has 0 aromatic carbocycles. The van der Waals surface area contributed by atoms with Crippen LogP contribution in [0.25, 0.3) is 0 Å². The quantitative estimate of drug-likeness (QED) is 0.880. The number of aryl methyl sites for hydroxylation is 1. The summed E-state index contributed by atoms with van der Waals surface area (Å²) in [6, 6.07) is 3.28. The first-order chi connectivity index (χ1) is 8.38. The summed E-state index contributed by atoms with van der Waals surface area (Å²) < 4.78 is 26.5. The highest BCUT2D eigenvalue weighted by Gasteiger charge is 2.18. The molecule has 0 amide bonds. The van der Waals surface area contributed by atoms with Crippen molar-refractivity contribution in [2.24, 2.45) is 0 Å². The predicted octanol–water partition coefficient (Wildman–Crippen LogP) is 2.52. The lowest BCUT2D eigenvalue weighted by molar-refractivity contribution is 0.101. The van der Waals surface area contributed by atoms with Crippen LogP contribution in [0.4, 0.5) is 5.13 Å². The summed E-state index contributed by atoms with van der Waals surface area (Å²) in [6.07, 6.45) is 0. The molecule has 8 heteroatoms. The van der Waals surface area contributed by atoms with Crippen molar-refractivity contribution in [1.82, 2.24) is 4.98 Å². The van der Waals surface area contributed by atoms with Crippen LogP contribution < -0.4 is 4.72 Å². The Kier molecular flexibility index (Phi) is 3.51. The molecule has 2 heterocycles. The van der Waals surface area contributed by atoms with Gasteiger partial charge in [-0.3, -0.25) is 9.52 Å². The summed E-state index contributed by atoms with van der Waals surface area (Å²) in [7, 11) is -3.60. The summed E-state index contributed by atoms with van der Waals surface area (Å²) in [6.45, 7) is 3.22. The second kappa shape index (κ2) is 4.79. The van der Waals surface area contributed by atoms with E-state index in [9.17, 15) is 13.2 Å². The molecule has 0 spiro atoms. The number of nitrogens with one attached hydrogen (secondary N) is 1. The van der Waals surface area contributed by atoms with E-state index in [0.717, 1.165) is 16.2 Å². The Morgan fingerprint density at radius 1 is 1.39 bits per heavy atom. The molecule has 0 aliphatic carbocycles. The van der Waals surface area contributed by atoms with E-state index in [1.165, 1.54) is 23.6 Å². The summed E-state index contributed by atoms with van der Waals surface area (Å²) >= 11 is 2.28. The second-order valence-electron chi connectivity index (χ2n) is 3.56. The van der Waals surface area contributed by atoms with E-state index < -0.39 is 10.0 Å². The van der Waals surface area contributed by atoms with E-state index in [4.69, 9.17) is 0 Å². The number of carbonyl (C=O) groups excluding carboxylic acids is 1. The minimum absolute atomic E-state index is 0.191. The first kappa shape index (κ1) is 13.2. The zero-order chi connectivity index (χ0) is 13.3. The molecule has 5 nitrogen and oxygen atoms in total. The van der Waals surface area contributed by atoms with Crippen LogP contribution >= 0.6 is 22.7 Å². The van der Waals surface area contributed by atoms with Gasteiger partial charge in [-0.25, -0.2) is 13.4 Å². The molecule has 2 rings (SSSR count).